The Morgan fingerprint density at radius 3 is 3.05 bits per heavy atom. The summed E-state index contributed by atoms with van der Waals surface area (Å²) in [7, 11) is 1.75. The average Bonchev–Trinajstić information content (AvgIpc) is 2.46. The van der Waals surface area contributed by atoms with Crippen LogP contribution in [-0.4, -0.2) is 32.8 Å². The largest absolute Gasteiger partial charge is 0.380 e. The minimum absolute atomic E-state index is 0.127. The smallest absolute Gasteiger partial charge is 0.129 e. The van der Waals surface area contributed by atoms with E-state index in [9.17, 15) is 4.39 Å². The van der Waals surface area contributed by atoms with Crippen molar-refractivity contribution in [2.75, 3.05) is 31.6 Å². The molecule has 1 aromatic carbocycles. The monoisotopic (exact) mass is 266 g/mol. The maximum absolute atomic E-state index is 14.0. The van der Waals surface area contributed by atoms with E-state index in [1.54, 1.807) is 13.2 Å². The van der Waals surface area contributed by atoms with E-state index in [1.807, 2.05) is 13.0 Å². The zero-order valence-corrected chi connectivity index (χ0v) is 11.8. The van der Waals surface area contributed by atoms with Gasteiger partial charge in [0.25, 0.3) is 0 Å². The Hall–Kier alpha value is -1.13. The Bertz CT molecular complexity index is 411. The number of piperidine rings is 1. The van der Waals surface area contributed by atoms with E-state index in [2.05, 4.69) is 10.2 Å². The van der Waals surface area contributed by atoms with Crippen LogP contribution >= 0.6 is 0 Å². The van der Waals surface area contributed by atoms with Crippen molar-refractivity contribution >= 4 is 5.69 Å². The van der Waals surface area contributed by atoms with Gasteiger partial charge < -0.3 is 15.0 Å². The van der Waals surface area contributed by atoms with E-state index in [0.29, 0.717) is 6.54 Å². The maximum atomic E-state index is 14.0. The summed E-state index contributed by atoms with van der Waals surface area (Å²) < 4.78 is 19.5. The first-order valence-electron chi connectivity index (χ1n) is 7.02. The molecule has 1 aliphatic rings. The van der Waals surface area contributed by atoms with E-state index >= 15 is 0 Å². The lowest BCUT2D eigenvalue weighted by molar-refractivity contribution is 0.0893. The third kappa shape index (κ3) is 3.45. The van der Waals surface area contributed by atoms with Crippen LogP contribution in [0.15, 0.2) is 18.2 Å². The Morgan fingerprint density at radius 2 is 2.32 bits per heavy atom. The van der Waals surface area contributed by atoms with Gasteiger partial charge in [-0.1, -0.05) is 13.0 Å². The minimum Gasteiger partial charge on any atom is -0.380 e. The third-order valence-electron chi connectivity index (χ3n) is 3.70. The van der Waals surface area contributed by atoms with Gasteiger partial charge in [0.2, 0.25) is 0 Å². The lowest BCUT2D eigenvalue weighted by Crippen LogP contribution is -2.40. The zero-order chi connectivity index (χ0) is 13.7. The summed E-state index contributed by atoms with van der Waals surface area (Å²) in [4.78, 5) is 2.24. The van der Waals surface area contributed by atoms with Gasteiger partial charge in [-0.25, -0.2) is 4.39 Å². The number of benzene rings is 1. The molecule has 1 heterocycles. The molecule has 1 saturated heterocycles. The molecular formula is C15H23FN2O. The first kappa shape index (κ1) is 14.3. The highest BCUT2D eigenvalue weighted by atomic mass is 19.1. The summed E-state index contributed by atoms with van der Waals surface area (Å²) in [5.41, 5.74) is 1.77. The van der Waals surface area contributed by atoms with Crippen molar-refractivity contribution in [3.8, 4) is 0 Å². The van der Waals surface area contributed by atoms with Gasteiger partial charge in [0.1, 0.15) is 5.82 Å². The fraction of sp³-hybridized carbons (Fsp3) is 0.600. The van der Waals surface area contributed by atoms with Gasteiger partial charge in [-0.2, -0.15) is 0 Å². The number of nitrogens with zero attached hydrogens (tertiary/aromatic N) is 1. The first-order valence-corrected chi connectivity index (χ1v) is 7.02. The molecule has 106 valence electrons. The number of hydrogen-bond acceptors (Lipinski definition) is 3. The quantitative estimate of drug-likeness (QED) is 0.886. The molecule has 0 radical (unpaired) electrons. The Balaban J connectivity index is 2.20. The normalized spacial score (nSPS) is 19.7. The third-order valence-corrected chi connectivity index (χ3v) is 3.70. The second-order valence-corrected chi connectivity index (χ2v) is 4.96. The fourth-order valence-corrected chi connectivity index (χ4v) is 2.62. The summed E-state index contributed by atoms with van der Waals surface area (Å²) in [6.07, 6.45) is 2.43. The summed E-state index contributed by atoms with van der Waals surface area (Å²) in [6.45, 7) is 5.27. The molecule has 0 aliphatic carbocycles. The molecule has 2 rings (SSSR count). The first-order chi connectivity index (χ1) is 9.26. The van der Waals surface area contributed by atoms with E-state index in [1.165, 1.54) is 6.07 Å². The van der Waals surface area contributed by atoms with Crippen molar-refractivity contribution in [1.29, 1.82) is 0 Å². The molecule has 1 aromatic rings. The van der Waals surface area contributed by atoms with Crippen molar-refractivity contribution in [2.45, 2.75) is 32.4 Å². The molecule has 1 aliphatic heterocycles. The van der Waals surface area contributed by atoms with Crippen LogP contribution in [0.3, 0.4) is 0 Å². The molecule has 3 nitrogen and oxygen atoms in total. The lowest BCUT2D eigenvalue weighted by Gasteiger charge is -2.35. The lowest BCUT2D eigenvalue weighted by atomic mass is 10.0. The van der Waals surface area contributed by atoms with Crippen LogP contribution in [-0.2, 0) is 11.3 Å². The highest BCUT2D eigenvalue weighted by molar-refractivity contribution is 5.54. The Labute approximate surface area is 114 Å². The summed E-state index contributed by atoms with van der Waals surface area (Å²) in [6, 6.07) is 5.33. The molecule has 4 heteroatoms. The molecule has 0 spiro atoms. The van der Waals surface area contributed by atoms with Crippen molar-refractivity contribution in [3.63, 3.8) is 0 Å². The number of ether oxygens (including phenoxy) is 1. The maximum Gasteiger partial charge on any atom is 0.129 e. The number of rotatable bonds is 5. The van der Waals surface area contributed by atoms with Gasteiger partial charge in [-0.05, 0) is 31.5 Å². The van der Waals surface area contributed by atoms with Gasteiger partial charge in [0, 0.05) is 38.0 Å². The van der Waals surface area contributed by atoms with Crippen LogP contribution < -0.4 is 10.2 Å². The molecule has 1 atom stereocenters. The van der Waals surface area contributed by atoms with Crippen LogP contribution in [0, 0.1) is 5.82 Å². The molecule has 1 unspecified atom stereocenters. The summed E-state index contributed by atoms with van der Waals surface area (Å²) >= 11 is 0. The number of methoxy groups -OCH3 is 1. The minimum atomic E-state index is -0.127. The average molecular weight is 266 g/mol. The molecule has 0 aromatic heterocycles. The van der Waals surface area contributed by atoms with E-state index < -0.39 is 0 Å². The second kappa shape index (κ2) is 6.87. The molecule has 19 heavy (non-hydrogen) atoms. The van der Waals surface area contributed by atoms with Gasteiger partial charge in [-0.3, -0.25) is 0 Å². The predicted octanol–water partition coefficient (Wildman–Crippen LogP) is 2.55. The second-order valence-electron chi connectivity index (χ2n) is 4.96. The molecule has 0 amide bonds. The zero-order valence-electron chi connectivity index (χ0n) is 11.8. The van der Waals surface area contributed by atoms with E-state index in [4.69, 9.17) is 4.74 Å². The van der Waals surface area contributed by atoms with Gasteiger partial charge in [0.05, 0.1) is 6.10 Å². The van der Waals surface area contributed by atoms with Crippen LogP contribution in [0.5, 0.6) is 0 Å². The van der Waals surface area contributed by atoms with Crippen molar-refractivity contribution < 1.29 is 9.13 Å². The van der Waals surface area contributed by atoms with E-state index in [-0.39, 0.29) is 11.9 Å². The van der Waals surface area contributed by atoms with Crippen LogP contribution in [0.2, 0.25) is 0 Å². The highest BCUT2D eigenvalue weighted by Gasteiger charge is 2.22. The number of hydrogen-bond donors (Lipinski definition) is 1. The number of halogens is 1. The topological polar surface area (TPSA) is 24.5 Å². The fourth-order valence-electron chi connectivity index (χ4n) is 2.62. The van der Waals surface area contributed by atoms with Crippen LogP contribution in [0.1, 0.15) is 25.3 Å². The molecule has 1 fully saturated rings. The van der Waals surface area contributed by atoms with Crippen molar-refractivity contribution in [1.82, 2.24) is 5.32 Å². The molecule has 0 bridgehead atoms. The van der Waals surface area contributed by atoms with Crippen LogP contribution in [0.25, 0.3) is 0 Å². The SMILES string of the molecule is CCNCc1c(F)cccc1N1CCCC(OC)C1. The summed E-state index contributed by atoms with van der Waals surface area (Å²) in [5.74, 6) is -0.127. The molecular weight excluding hydrogens is 243 g/mol. The number of nitrogens with one attached hydrogen (secondary N) is 1. The van der Waals surface area contributed by atoms with Crippen molar-refractivity contribution in [2.24, 2.45) is 0 Å². The number of anilines is 1. The van der Waals surface area contributed by atoms with E-state index in [0.717, 1.165) is 43.7 Å². The standard InChI is InChI=1S/C15H23FN2O/c1-3-17-10-13-14(16)7-4-8-15(13)18-9-5-6-12(11-18)19-2/h4,7-8,12,17H,3,5-6,9-11H2,1-2H3. The Kier molecular flexibility index (Phi) is 5.16. The molecule has 0 saturated carbocycles. The van der Waals surface area contributed by atoms with Crippen molar-refractivity contribution in [3.05, 3.63) is 29.6 Å². The van der Waals surface area contributed by atoms with Gasteiger partial charge in [-0.15, -0.1) is 0 Å². The summed E-state index contributed by atoms with van der Waals surface area (Å²) in [5, 5.41) is 3.21. The highest BCUT2D eigenvalue weighted by Crippen LogP contribution is 2.26. The predicted molar refractivity (Wildman–Crippen MR) is 76.0 cm³/mol. The van der Waals surface area contributed by atoms with Gasteiger partial charge >= 0.3 is 0 Å². The van der Waals surface area contributed by atoms with Gasteiger partial charge in [0.15, 0.2) is 0 Å². The molecule has 1 N–H and O–H groups in total. The Morgan fingerprint density at radius 1 is 1.47 bits per heavy atom. The van der Waals surface area contributed by atoms with Crippen LogP contribution in [0.4, 0.5) is 10.1 Å².